The van der Waals surface area contributed by atoms with Gasteiger partial charge in [-0.3, -0.25) is 4.79 Å². The maximum absolute atomic E-state index is 12.7. The van der Waals surface area contributed by atoms with Crippen LogP contribution >= 0.6 is 0 Å². The number of oxazole rings is 1. The third-order valence-corrected chi connectivity index (χ3v) is 5.56. The summed E-state index contributed by atoms with van der Waals surface area (Å²) >= 11 is 0. The molecule has 0 bridgehead atoms. The molecule has 172 valence electrons. The maximum atomic E-state index is 12.7. The van der Waals surface area contributed by atoms with Crippen molar-refractivity contribution >= 4 is 35.1 Å². The van der Waals surface area contributed by atoms with Crippen LogP contribution in [-0.2, 0) is 4.74 Å². The molecule has 0 radical (unpaired) electrons. The van der Waals surface area contributed by atoms with E-state index in [4.69, 9.17) is 9.15 Å². The average molecular weight is 451 g/mol. The minimum absolute atomic E-state index is 0.0267. The molecule has 1 atom stereocenters. The lowest BCUT2D eigenvalue weighted by Crippen LogP contribution is -2.37. The number of fused-ring (bicyclic) bond motifs is 1. The van der Waals surface area contributed by atoms with Crippen LogP contribution in [0.1, 0.15) is 28.2 Å². The van der Waals surface area contributed by atoms with Crippen LogP contribution in [0.15, 0.2) is 33.8 Å². The van der Waals surface area contributed by atoms with Crippen molar-refractivity contribution in [3.05, 3.63) is 41.3 Å². The first-order valence-electron chi connectivity index (χ1n) is 11.0. The summed E-state index contributed by atoms with van der Waals surface area (Å²) in [5.41, 5.74) is 5.66. The maximum Gasteiger partial charge on any atom is 0.307 e. The van der Waals surface area contributed by atoms with E-state index < -0.39 is 0 Å². The first-order chi connectivity index (χ1) is 16.2. The van der Waals surface area contributed by atoms with Gasteiger partial charge in [-0.1, -0.05) is 29.8 Å². The quantitative estimate of drug-likeness (QED) is 0.376. The van der Waals surface area contributed by atoms with Crippen molar-refractivity contribution in [1.82, 2.24) is 25.6 Å². The average Bonchev–Trinajstić information content (AvgIpc) is 3.49. The second-order valence-electron chi connectivity index (χ2n) is 8.09. The van der Waals surface area contributed by atoms with Crippen molar-refractivity contribution in [2.75, 3.05) is 49.7 Å². The van der Waals surface area contributed by atoms with Crippen molar-refractivity contribution in [3.8, 4) is 0 Å². The lowest BCUT2D eigenvalue weighted by atomic mass is 10.2. The van der Waals surface area contributed by atoms with Gasteiger partial charge in [0.1, 0.15) is 0 Å². The van der Waals surface area contributed by atoms with Crippen molar-refractivity contribution in [2.45, 2.75) is 19.4 Å². The molecule has 11 nitrogen and oxygen atoms in total. The van der Waals surface area contributed by atoms with Gasteiger partial charge in [0, 0.05) is 25.7 Å². The number of rotatable bonds is 6. The number of carbonyl (C=O) groups is 1. The third-order valence-electron chi connectivity index (χ3n) is 5.56. The molecule has 1 unspecified atom stereocenters. The van der Waals surface area contributed by atoms with Crippen molar-refractivity contribution in [3.63, 3.8) is 0 Å². The van der Waals surface area contributed by atoms with Crippen LogP contribution in [-0.4, -0.2) is 72.5 Å². The third kappa shape index (κ3) is 4.94. The van der Waals surface area contributed by atoms with Gasteiger partial charge in [0.05, 0.1) is 19.4 Å². The van der Waals surface area contributed by atoms with E-state index in [0.717, 1.165) is 30.6 Å². The molecular formula is C22H26N8O3. The molecule has 33 heavy (non-hydrogen) atoms. The second-order valence-corrected chi connectivity index (χ2v) is 8.09. The number of aromatic nitrogens is 3. The van der Waals surface area contributed by atoms with Crippen molar-refractivity contribution in [1.29, 1.82) is 0 Å². The Balaban J connectivity index is 1.43. The number of nitrogens with one attached hydrogen (secondary N) is 3. The first kappa shape index (κ1) is 21.3. The fraction of sp³-hybridized carbons (Fsp3) is 0.409. The normalized spacial score (nSPS) is 18.8. The van der Waals surface area contributed by atoms with E-state index >= 15 is 0 Å². The van der Waals surface area contributed by atoms with E-state index in [1.54, 1.807) is 6.21 Å². The lowest BCUT2D eigenvalue weighted by molar-refractivity contribution is 0.0907. The number of hydrogen-bond donors (Lipinski definition) is 3. The summed E-state index contributed by atoms with van der Waals surface area (Å²) in [6.07, 6.45) is 2.57. The van der Waals surface area contributed by atoms with Gasteiger partial charge in [-0.05, 0) is 25.5 Å². The Labute approximate surface area is 190 Å². The predicted molar refractivity (Wildman–Crippen MR) is 124 cm³/mol. The number of hydrazone groups is 1. The number of hydrogen-bond acceptors (Lipinski definition) is 10. The molecule has 11 heteroatoms. The Hall–Kier alpha value is -3.57. The van der Waals surface area contributed by atoms with E-state index in [-0.39, 0.29) is 23.8 Å². The molecule has 2 saturated heterocycles. The molecule has 2 aliphatic rings. The number of ether oxygens (including phenoxy) is 1. The van der Waals surface area contributed by atoms with Gasteiger partial charge >= 0.3 is 5.91 Å². The number of anilines is 2. The van der Waals surface area contributed by atoms with Crippen molar-refractivity contribution in [2.24, 2.45) is 5.10 Å². The standard InChI is InChI=1S/C22H26N8O3/c1-14-3-2-4-15(11-14)12-24-29-22-27-18-17(19(28-22)30-7-9-32-10-8-30)33-21(26-18)20(31)25-16-5-6-23-13-16/h2-4,11-12,16,23H,5-10,13H2,1H3,(H,25,31)(H,27,28,29)/b24-12+. The summed E-state index contributed by atoms with van der Waals surface area (Å²) in [5, 5.41) is 10.4. The van der Waals surface area contributed by atoms with Crippen LogP contribution < -0.4 is 21.0 Å². The molecule has 1 amide bonds. The van der Waals surface area contributed by atoms with Crippen LogP contribution in [0.25, 0.3) is 11.2 Å². The minimum atomic E-state index is -0.360. The molecular weight excluding hydrogens is 424 g/mol. The first-order valence-corrected chi connectivity index (χ1v) is 11.0. The number of morpholine rings is 1. The monoisotopic (exact) mass is 450 g/mol. The summed E-state index contributed by atoms with van der Waals surface area (Å²) in [7, 11) is 0. The van der Waals surface area contributed by atoms with Gasteiger partial charge < -0.3 is 24.7 Å². The summed E-state index contributed by atoms with van der Waals surface area (Å²) in [6.45, 7) is 6.09. The van der Waals surface area contributed by atoms with Crippen LogP contribution in [0, 0.1) is 6.92 Å². The highest BCUT2D eigenvalue weighted by atomic mass is 16.5. The van der Waals surface area contributed by atoms with Gasteiger partial charge in [-0.2, -0.15) is 20.1 Å². The molecule has 3 N–H and O–H groups in total. The van der Waals surface area contributed by atoms with E-state index in [0.29, 0.717) is 43.4 Å². The Morgan fingerprint density at radius 2 is 2.15 bits per heavy atom. The van der Waals surface area contributed by atoms with Crippen LogP contribution in [0.3, 0.4) is 0 Å². The summed E-state index contributed by atoms with van der Waals surface area (Å²) in [4.78, 5) is 28.1. The Morgan fingerprint density at radius 3 is 2.94 bits per heavy atom. The summed E-state index contributed by atoms with van der Waals surface area (Å²) in [6, 6.07) is 8.04. The zero-order chi connectivity index (χ0) is 22.6. The molecule has 1 aromatic carbocycles. The molecule has 2 aliphatic heterocycles. The molecule has 5 rings (SSSR count). The molecule has 3 aromatic rings. The van der Waals surface area contributed by atoms with Crippen LogP contribution in [0.2, 0.25) is 0 Å². The molecule has 0 spiro atoms. The van der Waals surface area contributed by atoms with Gasteiger partial charge in [-0.15, -0.1) is 0 Å². The van der Waals surface area contributed by atoms with Gasteiger partial charge in [-0.25, -0.2) is 5.43 Å². The SMILES string of the molecule is Cc1cccc(/C=N/Nc2nc(N3CCOCC3)c3oc(C(=O)NC4CCNC4)nc3n2)c1. The van der Waals surface area contributed by atoms with E-state index in [1.165, 1.54) is 0 Å². The minimum Gasteiger partial charge on any atom is -0.427 e. The predicted octanol–water partition coefficient (Wildman–Crippen LogP) is 1.30. The van der Waals surface area contributed by atoms with Gasteiger partial charge in [0.2, 0.25) is 17.2 Å². The van der Waals surface area contributed by atoms with Gasteiger partial charge in [0.15, 0.2) is 5.82 Å². The van der Waals surface area contributed by atoms with Crippen LogP contribution in [0.5, 0.6) is 0 Å². The second kappa shape index (κ2) is 9.51. The Kier molecular flexibility index (Phi) is 6.13. The number of benzene rings is 1. The molecule has 2 fully saturated rings. The number of nitrogens with zero attached hydrogens (tertiary/aromatic N) is 5. The zero-order valence-corrected chi connectivity index (χ0v) is 18.4. The largest absolute Gasteiger partial charge is 0.427 e. The number of amides is 1. The van der Waals surface area contributed by atoms with E-state index in [2.05, 4.69) is 36.1 Å². The van der Waals surface area contributed by atoms with E-state index in [1.807, 2.05) is 36.1 Å². The fourth-order valence-electron chi connectivity index (χ4n) is 3.89. The van der Waals surface area contributed by atoms with E-state index in [9.17, 15) is 4.79 Å². The summed E-state index contributed by atoms with van der Waals surface area (Å²) < 4.78 is 11.3. The van der Waals surface area contributed by atoms with Crippen molar-refractivity contribution < 1.29 is 13.9 Å². The summed E-state index contributed by atoms with van der Waals surface area (Å²) in [5.74, 6) is 0.446. The van der Waals surface area contributed by atoms with Crippen LogP contribution in [0.4, 0.5) is 11.8 Å². The highest BCUT2D eigenvalue weighted by Crippen LogP contribution is 2.27. The highest BCUT2D eigenvalue weighted by molar-refractivity contribution is 5.94. The zero-order valence-electron chi connectivity index (χ0n) is 18.4. The molecule has 0 saturated carbocycles. The number of aryl methyl sites for hydroxylation is 1. The fourth-order valence-corrected chi connectivity index (χ4v) is 3.89. The molecule has 0 aliphatic carbocycles. The Morgan fingerprint density at radius 1 is 1.27 bits per heavy atom. The molecule has 2 aromatic heterocycles. The Bertz CT molecular complexity index is 1170. The lowest BCUT2D eigenvalue weighted by Gasteiger charge is -2.27. The topological polar surface area (TPSA) is 130 Å². The molecule has 4 heterocycles. The smallest absolute Gasteiger partial charge is 0.307 e. The highest BCUT2D eigenvalue weighted by Gasteiger charge is 2.26. The van der Waals surface area contributed by atoms with Gasteiger partial charge in [0.25, 0.3) is 5.89 Å². The number of carbonyl (C=O) groups excluding carboxylic acids is 1.